The summed E-state index contributed by atoms with van der Waals surface area (Å²) in [5, 5.41) is 0. The van der Waals surface area contributed by atoms with Crippen LogP contribution in [0.3, 0.4) is 0 Å². The first-order chi connectivity index (χ1) is 9.20. The summed E-state index contributed by atoms with van der Waals surface area (Å²) in [6.07, 6.45) is 4.02. The first kappa shape index (κ1) is 13.7. The monoisotopic (exact) mass is 263 g/mol. The number of anilines is 1. The highest BCUT2D eigenvalue weighted by atomic mass is 16.2. The van der Waals surface area contributed by atoms with Crippen LogP contribution in [0.5, 0.6) is 0 Å². The lowest BCUT2D eigenvalue weighted by Gasteiger charge is -2.35. The summed E-state index contributed by atoms with van der Waals surface area (Å²) in [6, 6.07) is 1.80. The number of carbonyl (C=O) groups excluding carboxylic acids is 1. The number of hydrogen-bond acceptors (Lipinski definition) is 5. The molecule has 6 nitrogen and oxygen atoms in total. The lowest BCUT2D eigenvalue weighted by Crippen LogP contribution is -2.49. The third kappa shape index (κ3) is 3.64. The molecule has 1 aromatic heterocycles. The highest BCUT2D eigenvalue weighted by Crippen LogP contribution is 2.11. The molecule has 6 heteroatoms. The molecule has 104 valence electrons. The summed E-state index contributed by atoms with van der Waals surface area (Å²) in [6.45, 7) is 5.60. The van der Waals surface area contributed by atoms with E-state index in [1.165, 1.54) is 0 Å². The third-order valence-electron chi connectivity index (χ3n) is 3.39. The Labute approximate surface area is 113 Å². The van der Waals surface area contributed by atoms with Gasteiger partial charge in [-0.2, -0.15) is 0 Å². The molecule has 1 atom stereocenters. The fourth-order valence-electron chi connectivity index (χ4n) is 2.12. The summed E-state index contributed by atoms with van der Waals surface area (Å²) >= 11 is 0. The molecule has 1 aliphatic rings. The van der Waals surface area contributed by atoms with Gasteiger partial charge in [-0.05, 0) is 18.5 Å². The Balaban J connectivity index is 1.84. The summed E-state index contributed by atoms with van der Waals surface area (Å²) < 4.78 is 0. The fraction of sp³-hybridized carbons (Fsp3) is 0.615. The van der Waals surface area contributed by atoms with E-state index < -0.39 is 0 Å². The van der Waals surface area contributed by atoms with Gasteiger partial charge < -0.3 is 15.5 Å². The van der Waals surface area contributed by atoms with E-state index in [0.29, 0.717) is 13.0 Å². The van der Waals surface area contributed by atoms with Crippen LogP contribution in [0, 0.1) is 5.92 Å². The van der Waals surface area contributed by atoms with Crippen LogP contribution >= 0.6 is 0 Å². The highest BCUT2D eigenvalue weighted by Gasteiger charge is 2.23. The van der Waals surface area contributed by atoms with Crippen molar-refractivity contribution in [3.8, 4) is 0 Å². The fourth-order valence-corrected chi connectivity index (χ4v) is 2.12. The van der Waals surface area contributed by atoms with E-state index in [1.807, 2.05) is 11.8 Å². The summed E-state index contributed by atoms with van der Waals surface area (Å²) in [5.41, 5.74) is 5.55. The first-order valence-corrected chi connectivity index (χ1v) is 6.70. The average Bonchev–Trinajstić information content (AvgIpc) is 2.48. The molecule has 1 saturated heterocycles. The van der Waals surface area contributed by atoms with Crippen LogP contribution in [0.2, 0.25) is 0 Å². The lowest BCUT2D eigenvalue weighted by atomic mass is 10.1. The molecular weight excluding hydrogens is 242 g/mol. The van der Waals surface area contributed by atoms with Crippen molar-refractivity contribution < 1.29 is 4.79 Å². The van der Waals surface area contributed by atoms with E-state index in [1.54, 1.807) is 18.5 Å². The first-order valence-electron chi connectivity index (χ1n) is 6.70. The number of rotatable bonds is 4. The minimum Gasteiger partial charge on any atom is -0.339 e. The molecule has 1 aromatic rings. The topological polar surface area (TPSA) is 75.4 Å². The van der Waals surface area contributed by atoms with E-state index in [9.17, 15) is 4.79 Å². The second-order valence-corrected chi connectivity index (χ2v) is 4.96. The smallest absolute Gasteiger partial charge is 0.225 e. The van der Waals surface area contributed by atoms with Gasteiger partial charge in [0.1, 0.15) is 0 Å². The number of piperazine rings is 1. The third-order valence-corrected chi connectivity index (χ3v) is 3.39. The molecule has 0 bridgehead atoms. The molecule has 19 heavy (non-hydrogen) atoms. The maximum absolute atomic E-state index is 12.0. The van der Waals surface area contributed by atoms with Crippen LogP contribution in [-0.4, -0.2) is 53.5 Å². The summed E-state index contributed by atoms with van der Waals surface area (Å²) in [4.78, 5) is 24.5. The van der Waals surface area contributed by atoms with Crippen molar-refractivity contribution in [1.29, 1.82) is 0 Å². The van der Waals surface area contributed by atoms with Crippen molar-refractivity contribution in [2.24, 2.45) is 11.7 Å². The van der Waals surface area contributed by atoms with E-state index >= 15 is 0 Å². The van der Waals surface area contributed by atoms with Crippen molar-refractivity contribution in [2.45, 2.75) is 13.3 Å². The zero-order valence-electron chi connectivity index (χ0n) is 11.3. The van der Waals surface area contributed by atoms with Crippen molar-refractivity contribution >= 4 is 11.9 Å². The minimum atomic E-state index is 0.201. The van der Waals surface area contributed by atoms with Gasteiger partial charge in [0.15, 0.2) is 0 Å². The van der Waals surface area contributed by atoms with E-state index in [-0.39, 0.29) is 11.8 Å². The van der Waals surface area contributed by atoms with Gasteiger partial charge in [0, 0.05) is 45.0 Å². The van der Waals surface area contributed by atoms with Gasteiger partial charge in [-0.1, -0.05) is 6.92 Å². The van der Waals surface area contributed by atoms with Gasteiger partial charge in [-0.3, -0.25) is 4.79 Å². The summed E-state index contributed by atoms with van der Waals surface area (Å²) in [7, 11) is 0. The zero-order chi connectivity index (χ0) is 13.7. The van der Waals surface area contributed by atoms with Gasteiger partial charge in [0.2, 0.25) is 11.9 Å². The number of carbonyl (C=O) groups is 1. The van der Waals surface area contributed by atoms with Gasteiger partial charge in [0.05, 0.1) is 0 Å². The van der Waals surface area contributed by atoms with Crippen molar-refractivity contribution in [2.75, 3.05) is 37.6 Å². The number of amides is 1. The normalized spacial score (nSPS) is 17.4. The van der Waals surface area contributed by atoms with Gasteiger partial charge in [-0.25, -0.2) is 9.97 Å². The van der Waals surface area contributed by atoms with Crippen LogP contribution in [0.1, 0.15) is 13.3 Å². The second-order valence-electron chi connectivity index (χ2n) is 4.96. The van der Waals surface area contributed by atoms with Crippen molar-refractivity contribution in [1.82, 2.24) is 14.9 Å². The quantitative estimate of drug-likeness (QED) is 0.834. The molecular formula is C13H21N5O. The number of nitrogens with two attached hydrogens (primary N) is 1. The van der Waals surface area contributed by atoms with Gasteiger partial charge in [-0.15, -0.1) is 0 Å². The SMILES string of the molecule is CC(CN)CC(=O)N1CCN(c2ncccn2)CC1. The van der Waals surface area contributed by atoms with Crippen LogP contribution in [-0.2, 0) is 4.79 Å². The van der Waals surface area contributed by atoms with E-state index in [2.05, 4.69) is 14.9 Å². The Kier molecular flexibility index (Phi) is 4.68. The van der Waals surface area contributed by atoms with E-state index in [4.69, 9.17) is 5.73 Å². The minimum absolute atomic E-state index is 0.201. The Morgan fingerprint density at radius 1 is 1.32 bits per heavy atom. The average molecular weight is 263 g/mol. The molecule has 0 aliphatic carbocycles. The zero-order valence-corrected chi connectivity index (χ0v) is 11.3. The maximum Gasteiger partial charge on any atom is 0.225 e. The highest BCUT2D eigenvalue weighted by molar-refractivity contribution is 5.76. The molecule has 0 spiro atoms. The van der Waals surface area contributed by atoms with Gasteiger partial charge in [0.25, 0.3) is 0 Å². The second kappa shape index (κ2) is 6.47. The Morgan fingerprint density at radius 3 is 2.53 bits per heavy atom. The standard InChI is InChI=1S/C13H21N5O/c1-11(10-14)9-12(19)17-5-7-18(8-6-17)13-15-3-2-4-16-13/h2-4,11H,5-10,14H2,1H3. The lowest BCUT2D eigenvalue weighted by molar-refractivity contribution is -0.132. The molecule has 1 fully saturated rings. The molecule has 0 radical (unpaired) electrons. The Bertz CT molecular complexity index is 403. The predicted molar refractivity (Wildman–Crippen MR) is 73.7 cm³/mol. The molecule has 0 saturated carbocycles. The molecule has 2 rings (SSSR count). The van der Waals surface area contributed by atoms with Crippen LogP contribution in [0.25, 0.3) is 0 Å². The van der Waals surface area contributed by atoms with E-state index in [0.717, 1.165) is 32.1 Å². The number of nitrogens with zero attached hydrogens (tertiary/aromatic N) is 4. The molecule has 1 amide bonds. The molecule has 2 heterocycles. The Morgan fingerprint density at radius 2 is 1.95 bits per heavy atom. The molecule has 2 N–H and O–H groups in total. The van der Waals surface area contributed by atoms with Crippen molar-refractivity contribution in [3.05, 3.63) is 18.5 Å². The van der Waals surface area contributed by atoms with Crippen LogP contribution in [0.4, 0.5) is 5.95 Å². The Hall–Kier alpha value is -1.69. The molecule has 1 unspecified atom stereocenters. The van der Waals surface area contributed by atoms with Gasteiger partial charge >= 0.3 is 0 Å². The molecule has 1 aliphatic heterocycles. The van der Waals surface area contributed by atoms with Crippen LogP contribution in [0.15, 0.2) is 18.5 Å². The number of aromatic nitrogens is 2. The summed E-state index contributed by atoms with van der Waals surface area (Å²) in [5.74, 6) is 1.19. The van der Waals surface area contributed by atoms with Crippen molar-refractivity contribution in [3.63, 3.8) is 0 Å². The maximum atomic E-state index is 12.0. The van der Waals surface area contributed by atoms with Crippen LogP contribution < -0.4 is 10.6 Å². The largest absolute Gasteiger partial charge is 0.339 e. The predicted octanol–water partition coefficient (Wildman–Crippen LogP) is 0.110. The molecule has 0 aromatic carbocycles. The number of hydrogen-bond donors (Lipinski definition) is 1.